The summed E-state index contributed by atoms with van der Waals surface area (Å²) >= 11 is 6.16. The van der Waals surface area contributed by atoms with Crippen molar-refractivity contribution >= 4 is 11.6 Å². The Kier molecular flexibility index (Phi) is 14.7. The molecule has 0 aromatic rings. The summed E-state index contributed by atoms with van der Waals surface area (Å²) in [6, 6.07) is 0. The fourth-order valence-corrected chi connectivity index (χ4v) is 2.68. The molecule has 0 heterocycles. The molecule has 1 atom stereocenters. The van der Waals surface area contributed by atoms with Crippen LogP contribution >= 0.6 is 11.6 Å². The van der Waals surface area contributed by atoms with E-state index in [1.165, 1.54) is 57.8 Å². The summed E-state index contributed by atoms with van der Waals surface area (Å²) in [5.41, 5.74) is 0. The van der Waals surface area contributed by atoms with Crippen molar-refractivity contribution < 1.29 is 22.0 Å². The van der Waals surface area contributed by atoms with Crippen molar-refractivity contribution in [1.82, 2.24) is 0 Å². The van der Waals surface area contributed by atoms with Crippen molar-refractivity contribution in [1.29, 1.82) is 0 Å². The number of hydrogen-bond acceptors (Lipinski definition) is 1. The average molecular weight is 342 g/mol. The van der Waals surface area contributed by atoms with Crippen LogP contribution in [0.3, 0.4) is 0 Å². The van der Waals surface area contributed by atoms with Crippen molar-refractivity contribution in [2.45, 2.75) is 89.7 Å². The Morgan fingerprint density at radius 1 is 0.810 bits per heavy atom. The van der Waals surface area contributed by atoms with E-state index < -0.39 is 5.18 Å². The molecular formula is C17H37Cl2NO. The molecule has 0 saturated carbocycles. The van der Waals surface area contributed by atoms with E-state index >= 15 is 0 Å². The Bertz CT molecular complexity index is 233. The average Bonchev–Trinajstić information content (AvgIpc) is 2.40. The fourth-order valence-electron chi connectivity index (χ4n) is 2.59. The molecule has 4 heteroatoms. The Morgan fingerprint density at radius 3 is 1.57 bits per heavy atom. The number of rotatable bonds is 13. The number of hydrogen-bond donors (Lipinski definition) is 1. The molecule has 0 radical (unpaired) electrons. The predicted octanol–water partition coefficient (Wildman–Crippen LogP) is 2.28. The summed E-state index contributed by atoms with van der Waals surface area (Å²) in [5.74, 6) is 0. The van der Waals surface area contributed by atoms with Gasteiger partial charge in [-0.05, 0) is 24.4 Å². The lowest BCUT2D eigenvalue weighted by molar-refractivity contribution is -0.950. The molecule has 2 nitrogen and oxygen atoms in total. The van der Waals surface area contributed by atoms with Gasteiger partial charge in [-0.25, -0.2) is 0 Å². The van der Waals surface area contributed by atoms with Crippen molar-refractivity contribution in [3.63, 3.8) is 0 Å². The topological polar surface area (TPSA) is 20.2 Å². The largest absolute Gasteiger partial charge is 1.00 e. The molecular weight excluding hydrogens is 305 g/mol. The molecule has 130 valence electrons. The number of unbranched alkanes of at least 4 members (excludes halogenated alkanes) is 9. The summed E-state index contributed by atoms with van der Waals surface area (Å²) in [6.07, 6.45) is 14.0. The maximum Gasteiger partial charge on any atom is 0.279 e. The third kappa shape index (κ3) is 10.8. The quantitative estimate of drug-likeness (QED) is 0.179. The maximum absolute atomic E-state index is 10.1. The van der Waals surface area contributed by atoms with E-state index in [1.54, 1.807) is 0 Å². The Hall–Kier alpha value is 0.500. The maximum atomic E-state index is 10.1. The van der Waals surface area contributed by atoms with Gasteiger partial charge in [0.25, 0.3) is 5.18 Å². The van der Waals surface area contributed by atoms with Crippen LogP contribution in [0.5, 0.6) is 0 Å². The first-order valence-corrected chi connectivity index (χ1v) is 8.99. The Balaban J connectivity index is 0. The van der Waals surface area contributed by atoms with E-state index in [0.717, 1.165) is 13.0 Å². The molecule has 0 spiro atoms. The molecule has 0 aromatic carbocycles. The fraction of sp³-hybridized carbons (Fsp3) is 1.00. The van der Waals surface area contributed by atoms with Crippen LogP contribution in [0.1, 0.15) is 84.5 Å². The molecule has 0 fully saturated rings. The minimum absolute atomic E-state index is 0. The number of aliphatic hydroxyl groups is 1. The minimum Gasteiger partial charge on any atom is -1.00 e. The Morgan fingerprint density at radius 2 is 1.19 bits per heavy atom. The third-order valence-corrected chi connectivity index (χ3v) is 5.17. The monoisotopic (exact) mass is 341 g/mol. The van der Waals surface area contributed by atoms with Gasteiger partial charge in [-0.15, -0.1) is 0 Å². The second kappa shape index (κ2) is 13.0. The van der Waals surface area contributed by atoms with E-state index in [4.69, 9.17) is 11.6 Å². The van der Waals surface area contributed by atoms with E-state index in [9.17, 15) is 5.11 Å². The van der Waals surface area contributed by atoms with Gasteiger partial charge >= 0.3 is 0 Å². The van der Waals surface area contributed by atoms with Crippen molar-refractivity contribution in [2.24, 2.45) is 0 Å². The molecule has 0 aliphatic heterocycles. The molecule has 0 aliphatic rings. The molecule has 1 unspecified atom stereocenters. The zero-order valence-corrected chi connectivity index (χ0v) is 16.1. The first kappa shape index (κ1) is 23.8. The lowest BCUT2D eigenvalue weighted by Crippen LogP contribution is -3.00. The summed E-state index contributed by atoms with van der Waals surface area (Å²) in [4.78, 5) is 0. The SMILES string of the molecule is CCCCCCCCCCCC[N+](C)(C)C(O)(Cl)CC.[Cl-]. The van der Waals surface area contributed by atoms with Gasteiger partial charge in [-0.2, -0.15) is 0 Å². The van der Waals surface area contributed by atoms with Gasteiger partial charge in [0.15, 0.2) is 0 Å². The number of nitrogens with zero attached hydrogens (tertiary/aromatic N) is 1. The zero-order chi connectivity index (χ0) is 15.5. The van der Waals surface area contributed by atoms with Crippen LogP contribution in [0.4, 0.5) is 0 Å². The van der Waals surface area contributed by atoms with E-state index in [-0.39, 0.29) is 12.4 Å². The van der Waals surface area contributed by atoms with Crippen LogP contribution < -0.4 is 12.4 Å². The standard InChI is InChI=1S/C17H37ClNO.ClH/c1-5-7-8-9-10-11-12-13-14-15-16-19(3,4)17(18,20)6-2;/h20H,5-16H2,1-4H3;1H/q+1;/p-1. The molecule has 0 rings (SSSR count). The lowest BCUT2D eigenvalue weighted by atomic mass is 10.1. The van der Waals surface area contributed by atoms with E-state index in [0.29, 0.717) is 10.9 Å². The summed E-state index contributed by atoms with van der Waals surface area (Å²) < 4.78 is 0.488. The summed E-state index contributed by atoms with van der Waals surface area (Å²) in [7, 11) is 4.04. The highest BCUT2D eigenvalue weighted by Crippen LogP contribution is 2.27. The van der Waals surface area contributed by atoms with Gasteiger partial charge in [0, 0.05) is 6.42 Å². The second-order valence-electron chi connectivity index (χ2n) is 6.66. The van der Waals surface area contributed by atoms with E-state index in [2.05, 4.69) is 6.92 Å². The number of alkyl halides is 1. The zero-order valence-electron chi connectivity index (χ0n) is 14.6. The minimum atomic E-state index is -1.11. The highest BCUT2D eigenvalue weighted by atomic mass is 35.5. The van der Waals surface area contributed by atoms with Crippen LogP contribution in [0.15, 0.2) is 0 Å². The molecule has 0 saturated heterocycles. The second-order valence-corrected chi connectivity index (χ2v) is 7.27. The van der Waals surface area contributed by atoms with Gasteiger partial charge in [-0.3, -0.25) is 4.48 Å². The van der Waals surface area contributed by atoms with Crippen LogP contribution in [0.2, 0.25) is 0 Å². The molecule has 0 amide bonds. The molecule has 0 bridgehead atoms. The van der Waals surface area contributed by atoms with Gasteiger partial charge in [0.2, 0.25) is 0 Å². The van der Waals surface area contributed by atoms with Crippen LogP contribution in [0.25, 0.3) is 0 Å². The summed E-state index contributed by atoms with van der Waals surface area (Å²) in [6.45, 7) is 5.15. The van der Waals surface area contributed by atoms with Gasteiger partial charge in [-0.1, -0.05) is 65.2 Å². The third-order valence-electron chi connectivity index (χ3n) is 4.45. The normalized spacial score (nSPS) is 14.6. The molecule has 0 aliphatic carbocycles. The number of halogens is 2. The molecule has 0 aromatic heterocycles. The highest BCUT2D eigenvalue weighted by Gasteiger charge is 2.39. The first-order valence-electron chi connectivity index (χ1n) is 8.61. The first-order chi connectivity index (χ1) is 9.37. The van der Waals surface area contributed by atoms with Gasteiger partial charge < -0.3 is 17.5 Å². The highest BCUT2D eigenvalue weighted by molar-refractivity contribution is 6.21. The molecule has 21 heavy (non-hydrogen) atoms. The van der Waals surface area contributed by atoms with Crippen LogP contribution in [-0.2, 0) is 0 Å². The van der Waals surface area contributed by atoms with Crippen molar-refractivity contribution in [3.05, 3.63) is 0 Å². The predicted molar refractivity (Wildman–Crippen MR) is 89.9 cm³/mol. The molecule has 1 N–H and O–H groups in total. The number of quaternary nitrogens is 1. The summed E-state index contributed by atoms with van der Waals surface area (Å²) in [5, 5.41) is 9.02. The Labute approximate surface area is 144 Å². The van der Waals surface area contributed by atoms with Crippen molar-refractivity contribution in [2.75, 3.05) is 20.6 Å². The van der Waals surface area contributed by atoms with E-state index in [1.807, 2.05) is 21.0 Å². The van der Waals surface area contributed by atoms with Gasteiger partial charge in [0.1, 0.15) is 0 Å². The van der Waals surface area contributed by atoms with Gasteiger partial charge in [0.05, 0.1) is 20.6 Å². The van der Waals surface area contributed by atoms with Crippen molar-refractivity contribution in [3.8, 4) is 0 Å². The lowest BCUT2D eigenvalue weighted by Gasteiger charge is -2.40. The smallest absolute Gasteiger partial charge is 0.279 e. The van der Waals surface area contributed by atoms with Crippen LogP contribution in [0, 0.1) is 0 Å². The van der Waals surface area contributed by atoms with Crippen LogP contribution in [-0.4, -0.2) is 35.4 Å².